The fourth-order valence-electron chi connectivity index (χ4n) is 7.78. The highest BCUT2D eigenvalue weighted by atomic mass is 16.6. The molecule has 0 spiro atoms. The Morgan fingerprint density at radius 3 is 0.903 bits per heavy atom. The first-order valence-electron chi connectivity index (χ1n) is 27.0. The number of hydrogen-bond donors (Lipinski definition) is 0. The number of carbonyl (C=O) groups is 3. The lowest BCUT2D eigenvalue weighted by Crippen LogP contribution is -2.30. The van der Waals surface area contributed by atoms with Gasteiger partial charge in [-0.05, 0) is 70.6 Å². The molecule has 0 aromatic heterocycles. The molecule has 0 aliphatic rings. The fraction of sp³-hybridized carbons (Fsp3) is 0.839. The number of rotatable bonds is 49. The zero-order valence-electron chi connectivity index (χ0n) is 41.4. The lowest BCUT2D eigenvalue weighted by molar-refractivity contribution is -0.167. The minimum atomic E-state index is -0.776. The van der Waals surface area contributed by atoms with Gasteiger partial charge in [0.1, 0.15) is 13.2 Å². The van der Waals surface area contributed by atoms with Crippen LogP contribution in [0.4, 0.5) is 0 Å². The Morgan fingerprint density at radius 2 is 0.581 bits per heavy atom. The molecule has 0 N–H and O–H groups in total. The van der Waals surface area contributed by atoms with Crippen molar-refractivity contribution in [1.29, 1.82) is 0 Å². The molecule has 0 saturated heterocycles. The maximum atomic E-state index is 12.8. The summed E-state index contributed by atoms with van der Waals surface area (Å²) in [6.45, 7) is 6.62. The Kier molecular flexibility index (Phi) is 49.3. The Bertz CT molecular complexity index is 1050. The highest BCUT2D eigenvalue weighted by Crippen LogP contribution is 2.15. The molecule has 0 amide bonds. The van der Waals surface area contributed by atoms with Crippen LogP contribution in [0.2, 0.25) is 0 Å². The molecule has 0 aromatic rings. The number of allylic oxidation sites excluding steroid dienone is 6. The van der Waals surface area contributed by atoms with Crippen molar-refractivity contribution < 1.29 is 28.6 Å². The van der Waals surface area contributed by atoms with E-state index in [0.29, 0.717) is 19.3 Å². The van der Waals surface area contributed by atoms with Crippen LogP contribution >= 0.6 is 0 Å². The van der Waals surface area contributed by atoms with Crippen molar-refractivity contribution in [2.24, 2.45) is 0 Å². The lowest BCUT2D eigenvalue weighted by atomic mass is 10.1. The molecule has 1 atom stereocenters. The van der Waals surface area contributed by atoms with Gasteiger partial charge in [0.15, 0.2) is 6.10 Å². The van der Waals surface area contributed by atoms with Crippen LogP contribution < -0.4 is 0 Å². The van der Waals surface area contributed by atoms with Gasteiger partial charge in [-0.2, -0.15) is 0 Å². The molecule has 0 heterocycles. The molecular formula is C56H102O6. The summed E-state index contributed by atoms with van der Waals surface area (Å²) < 4.78 is 16.8. The first-order chi connectivity index (χ1) is 30.5. The smallest absolute Gasteiger partial charge is 0.306 e. The van der Waals surface area contributed by atoms with Gasteiger partial charge in [-0.1, -0.05) is 231 Å². The van der Waals surface area contributed by atoms with Crippen molar-refractivity contribution in [3.8, 4) is 0 Å². The first-order valence-corrected chi connectivity index (χ1v) is 27.0. The van der Waals surface area contributed by atoms with E-state index < -0.39 is 6.10 Å². The molecule has 0 fully saturated rings. The summed E-state index contributed by atoms with van der Waals surface area (Å²) in [5, 5.41) is 0. The second-order valence-corrected chi connectivity index (χ2v) is 18.2. The van der Waals surface area contributed by atoms with Gasteiger partial charge in [0, 0.05) is 19.3 Å². The predicted molar refractivity (Wildman–Crippen MR) is 266 cm³/mol. The van der Waals surface area contributed by atoms with E-state index >= 15 is 0 Å². The van der Waals surface area contributed by atoms with Gasteiger partial charge in [0.2, 0.25) is 0 Å². The summed E-state index contributed by atoms with van der Waals surface area (Å²) in [6, 6.07) is 0. The molecule has 0 aromatic carbocycles. The minimum Gasteiger partial charge on any atom is -0.462 e. The Morgan fingerprint density at radius 1 is 0.323 bits per heavy atom. The summed E-state index contributed by atoms with van der Waals surface area (Å²) in [6.07, 6.45) is 59.9. The molecule has 6 nitrogen and oxygen atoms in total. The molecule has 0 aliphatic carbocycles. The Labute approximate surface area is 385 Å². The van der Waals surface area contributed by atoms with Crippen LogP contribution in [0, 0.1) is 0 Å². The van der Waals surface area contributed by atoms with Crippen LogP contribution in [0.5, 0.6) is 0 Å². The molecular weight excluding hydrogens is 769 g/mol. The molecule has 6 heteroatoms. The van der Waals surface area contributed by atoms with Crippen LogP contribution in [0.25, 0.3) is 0 Å². The summed E-state index contributed by atoms with van der Waals surface area (Å²) in [5.74, 6) is -0.888. The monoisotopic (exact) mass is 871 g/mol. The van der Waals surface area contributed by atoms with E-state index in [4.69, 9.17) is 14.2 Å². The van der Waals surface area contributed by atoms with Gasteiger partial charge < -0.3 is 14.2 Å². The zero-order chi connectivity index (χ0) is 45.1. The van der Waals surface area contributed by atoms with E-state index in [0.717, 1.165) is 77.0 Å². The third kappa shape index (κ3) is 48.7. The van der Waals surface area contributed by atoms with E-state index in [1.165, 1.54) is 167 Å². The SMILES string of the molecule is CCCCCCCC/C=C\CCCCCCCCCC(=O)OC(COC(=O)CCCCCCC/C=C\C=C/CCCCCCCCC)COC(=O)CCCCCCCCCCC. The molecule has 0 aliphatic heterocycles. The summed E-state index contributed by atoms with van der Waals surface area (Å²) in [7, 11) is 0. The van der Waals surface area contributed by atoms with Crippen molar-refractivity contribution >= 4 is 17.9 Å². The van der Waals surface area contributed by atoms with E-state index in [1.807, 2.05) is 0 Å². The van der Waals surface area contributed by atoms with Crippen LogP contribution in [0.3, 0.4) is 0 Å². The van der Waals surface area contributed by atoms with Gasteiger partial charge in [0.25, 0.3) is 0 Å². The number of unbranched alkanes of at least 4 members (excludes halogenated alkanes) is 33. The standard InChI is InChI=1S/C56H102O6/c1-4-7-10-13-16-19-21-23-25-27-29-30-32-34-37-40-43-46-49-55(58)61-52-53(51-60-54(57)48-45-42-39-36-18-15-12-9-6-3)62-56(59)50-47-44-41-38-35-33-31-28-26-24-22-20-17-14-11-8-5-2/h24-27,29-30,53H,4-23,28,31-52H2,1-3H3/b26-24-,27-25-,30-29-. The second kappa shape index (κ2) is 51.3. The van der Waals surface area contributed by atoms with Gasteiger partial charge >= 0.3 is 17.9 Å². The topological polar surface area (TPSA) is 78.9 Å². The second-order valence-electron chi connectivity index (χ2n) is 18.2. The van der Waals surface area contributed by atoms with Gasteiger partial charge in [-0.15, -0.1) is 0 Å². The average Bonchev–Trinajstić information content (AvgIpc) is 3.27. The van der Waals surface area contributed by atoms with Crippen molar-refractivity contribution in [3.05, 3.63) is 36.5 Å². The maximum absolute atomic E-state index is 12.8. The summed E-state index contributed by atoms with van der Waals surface area (Å²) >= 11 is 0. The zero-order valence-corrected chi connectivity index (χ0v) is 41.4. The van der Waals surface area contributed by atoms with Crippen molar-refractivity contribution in [2.45, 2.75) is 290 Å². The molecule has 0 radical (unpaired) electrons. The van der Waals surface area contributed by atoms with Crippen LogP contribution in [-0.4, -0.2) is 37.2 Å². The Balaban J connectivity index is 4.32. The highest BCUT2D eigenvalue weighted by molar-refractivity contribution is 5.71. The molecule has 362 valence electrons. The molecule has 62 heavy (non-hydrogen) atoms. The molecule has 0 rings (SSSR count). The summed E-state index contributed by atoms with van der Waals surface area (Å²) in [5.41, 5.74) is 0. The third-order valence-electron chi connectivity index (χ3n) is 11.9. The highest BCUT2D eigenvalue weighted by Gasteiger charge is 2.19. The molecule has 0 bridgehead atoms. The number of esters is 3. The fourth-order valence-corrected chi connectivity index (χ4v) is 7.78. The largest absolute Gasteiger partial charge is 0.462 e. The number of carbonyl (C=O) groups excluding carboxylic acids is 3. The quantitative estimate of drug-likeness (QED) is 0.0199. The number of hydrogen-bond acceptors (Lipinski definition) is 6. The van der Waals surface area contributed by atoms with Crippen molar-refractivity contribution in [1.82, 2.24) is 0 Å². The van der Waals surface area contributed by atoms with E-state index in [2.05, 4.69) is 57.2 Å². The van der Waals surface area contributed by atoms with Crippen LogP contribution in [0.15, 0.2) is 36.5 Å². The van der Waals surface area contributed by atoms with Crippen molar-refractivity contribution in [3.63, 3.8) is 0 Å². The van der Waals surface area contributed by atoms with Crippen LogP contribution in [0.1, 0.15) is 284 Å². The third-order valence-corrected chi connectivity index (χ3v) is 11.9. The normalized spacial score (nSPS) is 12.2. The molecule has 1 unspecified atom stereocenters. The van der Waals surface area contributed by atoms with E-state index in [-0.39, 0.29) is 31.1 Å². The Hall–Kier alpha value is -2.37. The van der Waals surface area contributed by atoms with Gasteiger partial charge in [-0.25, -0.2) is 0 Å². The van der Waals surface area contributed by atoms with Gasteiger partial charge in [-0.3, -0.25) is 14.4 Å². The lowest BCUT2D eigenvalue weighted by Gasteiger charge is -2.18. The first kappa shape index (κ1) is 59.6. The average molecular weight is 871 g/mol. The van der Waals surface area contributed by atoms with Crippen LogP contribution in [-0.2, 0) is 28.6 Å². The van der Waals surface area contributed by atoms with Crippen molar-refractivity contribution in [2.75, 3.05) is 13.2 Å². The van der Waals surface area contributed by atoms with E-state index in [9.17, 15) is 14.4 Å². The van der Waals surface area contributed by atoms with E-state index in [1.54, 1.807) is 0 Å². The summed E-state index contributed by atoms with van der Waals surface area (Å²) in [4.78, 5) is 37.9. The minimum absolute atomic E-state index is 0.0764. The predicted octanol–water partition coefficient (Wildman–Crippen LogP) is 17.7. The number of ether oxygens (including phenoxy) is 3. The maximum Gasteiger partial charge on any atom is 0.306 e. The van der Waals surface area contributed by atoms with Gasteiger partial charge in [0.05, 0.1) is 0 Å². The molecule has 0 saturated carbocycles.